The molecule has 3 N–H and O–H groups in total. The fourth-order valence-electron chi connectivity index (χ4n) is 3.26. The van der Waals surface area contributed by atoms with Gasteiger partial charge in [-0.25, -0.2) is 0 Å². The molecule has 3 rings (SSSR count). The number of ether oxygens (including phenoxy) is 1. The Bertz CT molecular complexity index is 680. The van der Waals surface area contributed by atoms with Gasteiger partial charge in [0, 0.05) is 18.0 Å². The average Bonchev–Trinajstić information content (AvgIpc) is 2.94. The molecule has 0 bridgehead atoms. The van der Waals surface area contributed by atoms with Gasteiger partial charge in [0.05, 0.1) is 29.8 Å². The molecule has 112 valence electrons. The highest BCUT2D eigenvalue weighted by atomic mass is 16.5. The molecule has 1 aliphatic rings. The lowest BCUT2D eigenvalue weighted by atomic mass is 9.88. The van der Waals surface area contributed by atoms with Crippen molar-refractivity contribution in [2.45, 2.75) is 18.8 Å². The number of likely N-dealkylation sites (N-methyl/N-ethyl adjacent to an activating group) is 1. The van der Waals surface area contributed by atoms with Gasteiger partial charge in [0.2, 0.25) is 0 Å². The summed E-state index contributed by atoms with van der Waals surface area (Å²) in [4.78, 5) is 14.0. The molecule has 1 aliphatic heterocycles. The molecule has 2 heterocycles. The van der Waals surface area contributed by atoms with Crippen LogP contribution < -0.4 is 10.5 Å². The van der Waals surface area contributed by atoms with Gasteiger partial charge in [-0.15, -0.1) is 0 Å². The molecule has 21 heavy (non-hydrogen) atoms. The van der Waals surface area contributed by atoms with Crippen molar-refractivity contribution in [3.8, 4) is 5.75 Å². The van der Waals surface area contributed by atoms with E-state index in [1.807, 2.05) is 6.07 Å². The van der Waals surface area contributed by atoms with Crippen molar-refractivity contribution in [2.75, 3.05) is 27.2 Å². The van der Waals surface area contributed by atoms with Crippen LogP contribution in [0.25, 0.3) is 10.9 Å². The number of H-pyrrole nitrogens is 1. The lowest BCUT2D eigenvalue weighted by Crippen LogP contribution is -2.31. The van der Waals surface area contributed by atoms with E-state index in [1.54, 1.807) is 13.3 Å². The Hall–Kier alpha value is -2.08. The van der Waals surface area contributed by atoms with E-state index in [-0.39, 0.29) is 0 Å². The van der Waals surface area contributed by atoms with Crippen molar-refractivity contribution < 1.29 is 9.53 Å². The number of amides is 1. The molecule has 0 aliphatic carbocycles. The van der Waals surface area contributed by atoms with Gasteiger partial charge < -0.3 is 15.4 Å². The molecular formula is C15H20N4O2. The van der Waals surface area contributed by atoms with Crippen molar-refractivity contribution >= 4 is 16.8 Å². The number of rotatable bonds is 3. The molecule has 1 fully saturated rings. The SMILES string of the molecule is COc1c(C2CCCN(C)C2)cc(C(N)=O)c2[nH]ncc12. The Morgan fingerprint density at radius 3 is 3.05 bits per heavy atom. The van der Waals surface area contributed by atoms with Crippen molar-refractivity contribution in [3.63, 3.8) is 0 Å². The summed E-state index contributed by atoms with van der Waals surface area (Å²) in [6.07, 6.45) is 3.92. The van der Waals surface area contributed by atoms with E-state index in [0.29, 0.717) is 17.0 Å². The van der Waals surface area contributed by atoms with Crippen LogP contribution in [0.4, 0.5) is 0 Å². The number of nitrogens with two attached hydrogens (primary N) is 1. The molecule has 2 aromatic rings. The van der Waals surface area contributed by atoms with Gasteiger partial charge in [0.1, 0.15) is 5.75 Å². The minimum Gasteiger partial charge on any atom is -0.496 e. The number of hydrogen-bond donors (Lipinski definition) is 2. The standard InChI is InChI=1S/C15H20N4O2/c1-19-5-3-4-9(8-19)10-6-11(15(16)20)13-12(7-17-18-13)14(10)21-2/h6-7,9H,3-5,8H2,1-2H3,(H2,16,20)(H,17,18). The monoisotopic (exact) mass is 288 g/mol. The quantitative estimate of drug-likeness (QED) is 0.896. The summed E-state index contributed by atoms with van der Waals surface area (Å²) in [6.45, 7) is 2.06. The molecule has 1 aromatic heterocycles. The Morgan fingerprint density at radius 2 is 2.38 bits per heavy atom. The van der Waals surface area contributed by atoms with Crippen LogP contribution in [0.15, 0.2) is 12.3 Å². The third-order valence-corrected chi connectivity index (χ3v) is 4.25. The fraction of sp³-hybridized carbons (Fsp3) is 0.467. The van der Waals surface area contributed by atoms with Crippen LogP contribution in [0, 0.1) is 0 Å². The van der Waals surface area contributed by atoms with Gasteiger partial charge in [0.25, 0.3) is 5.91 Å². The molecule has 6 heteroatoms. The smallest absolute Gasteiger partial charge is 0.250 e. The average molecular weight is 288 g/mol. The largest absolute Gasteiger partial charge is 0.496 e. The highest BCUT2D eigenvalue weighted by Gasteiger charge is 2.26. The molecule has 1 aromatic carbocycles. The number of carbonyl (C=O) groups excluding carboxylic acids is 1. The molecule has 1 unspecified atom stereocenters. The van der Waals surface area contributed by atoms with Gasteiger partial charge in [-0.05, 0) is 32.5 Å². The van der Waals surface area contributed by atoms with Crippen LogP contribution in [0.3, 0.4) is 0 Å². The maximum absolute atomic E-state index is 11.7. The van der Waals surface area contributed by atoms with Gasteiger partial charge in [-0.3, -0.25) is 9.89 Å². The number of likely N-dealkylation sites (tertiary alicyclic amines) is 1. The van der Waals surface area contributed by atoms with Crippen LogP contribution >= 0.6 is 0 Å². The highest BCUT2D eigenvalue weighted by molar-refractivity contribution is 6.06. The second kappa shape index (κ2) is 5.37. The number of fused-ring (bicyclic) bond motifs is 1. The van der Waals surface area contributed by atoms with Crippen LogP contribution in [0.1, 0.15) is 34.7 Å². The molecule has 1 atom stereocenters. The van der Waals surface area contributed by atoms with Crippen LogP contribution in [-0.2, 0) is 0 Å². The Labute approximate surface area is 123 Å². The normalized spacial score (nSPS) is 19.8. The van der Waals surface area contributed by atoms with Gasteiger partial charge >= 0.3 is 0 Å². The fourth-order valence-corrected chi connectivity index (χ4v) is 3.26. The number of nitrogens with one attached hydrogen (secondary N) is 1. The van der Waals surface area contributed by atoms with Gasteiger partial charge in [0.15, 0.2) is 0 Å². The predicted molar refractivity (Wildman–Crippen MR) is 80.6 cm³/mol. The van der Waals surface area contributed by atoms with Crippen molar-refractivity contribution in [1.29, 1.82) is 0 Å². The predicted octanol–water partition coefficient (Wildman–Crippen LogP) is 1.48. The molecule has 1 saturated heterocycles. The number of carbonyl (C=O) groups is 1. The molecular weight excluding hydrogens is 268 g/mol. The van der Waals surface area contributed by atoms with Crippen molar-refractivity contribution in [3.05, 3.63) is 23.4 Å². The Kier molecular flexibility index (Phi) is 3.55. The highest BCUT2D eigenvalue weighted by Crippen LogP contribution is 2.38. The van der Waals surface area contributed by atoms with E-state index in [2.05, 4.69) is 22.1 Å². The van der Waals surface area contributed by atoms with E-state index >= 15 is 0 Å². The number of primary amides is 1. The second-order valence-electron chi connectivity index (χ2n) is 5.67. The van der Waals surface area contributed by atoms with Crippen molar-refractivity contribution in [2.24, 2.45) is 5.73 Å². The summed E-state index contributed by atoms with van der Waals surface area (Å²) in [7, 11) is 3.77. The number of aromatic amines is 1. The molecule has 0 spiro atoms. The van der Waals surface area contributed by atoms with Gasteiger partial charge in [-0.1, -0.05) is 0 Å². The summed E-state index contributed by atoms with van der Waals surface area (Å²) in [6, 6.07) is 1.87. The number of hydrogen-bond acceptors (Lipinski definition) is 4. The first kappa shape index (κ1) is 13.9. The zero-order chi connectivity index (χ0) is 15.0. The third kappa shape index (κ3) is 2.35. The van der Waals surface area contributed by atoms with Crippen molar-refractivity contribution in [1.82, 2.24) is 15.1 Å². The van der Waals surface area contributed by atoms with E-state index < -0.39 is 5.91 Å². The third-order valence-electron chi connectivity index (χ3n) is 4.25. The number of nitrogens with zero attached hydrogens (tertiary/aromatic N) is 2. The van der Waals surface area contributed by atoms with Crippen LogP contribution in [0.5, 0.6) is 5.75 Å². The topological polar surface area (TPSA) is 84.2 Å². The summed E-state index contributed by atoms with van der Waals surface area (Å²) >= 11 is 0. The van der Waals surface area contributed by atoms with E-state index in [0.717, 1.165) is 42.6 Å². The van der Waals surface area contributed by atoms with Gasteiger partial charge in [-0.2, -0.15) is 5.10 Å². The first-order valence-electron chi connectivity index (χ1n) is 7.14. The van der Waals surface area contributed by atoms with E-state index in [9.17, 15) is 4.79 Å². The number of methoxy groups -OCH3 is 1. The number of benzene rings is 1. The zero-order valence-corrected chi connectivity index (χ0v) is 12.3. The maximum atomic E-state index is 11.7. The summed E-state index contributed by atoms with van der Waals surface area (Å²) < 4.78 is 5.61. The van der Waals surface area contributed by atoms with Crippen LogP contribution in [-0.4, -0.2) is 48.3 Å². The summed E-state index contributed by atoms with van der Waals surface area (Å²) in [5, 5.41) is 7.69. The first-order valence-corrected chi connectivity index (χ1v) is 7.14. The second-order valence-corrected chi connectivity index (χ2v) is 5.67. The zero-order valence-electron chi connectivity index (χ0n) is 12.3. The lowest BCUT2D eigenvalue weighted by molar-refractivity contribution is 0.100. The lowest BCUT2D eigenvalue weighted by Gasteiger charge is -2.31. The minimum absolute atomic E-state index is 0.344. The Balaban J connectivity index is 2.18. The molecule has 0 radical (unpaired) electrons. The van der Waals surface area contributed by atoms with Crippen LogP contribution in [0.2, 0.25) is 0 Å². The number of piperidine rings is 1. The summed E-state index contributed by atoms with van der Waals surface area (Å²) in [5.74, 6) is 0.692. The summed E-state index contributed by atoms with van der Waals surface area (Å²) in [5.41, 5.74) is 7.69. The molecule has 6 nitrogen and oxygen atoms in total. The van der Waals surface area contributed by atoms with E-state index in [4.69, 9.17) is 10.5 Å². The first-order chi connectivity index (χ1) is 10.1. The molecule has 0 saturated carbocycles. The molecule has 1 amide bonds. The minimum atomic E-state index is -0.447. The number of aromatic nitrogens is 2. The maximum Gasteiger partial charge on any atom is 0.250 e. The Morgan fingerprint density at radius 1 is 1.57 bits per heavy atom. The van der Waals surface area contributed by atoms with E-state index in [1.165, 1.54) is 0 Å².